The van der Waals surface area contributed by atoms with Gasteiger partial charge in [0.15, 0.2) is 0 Å². The van der Waals surface area contributed by atoms with Gasteiger partial charge in [-0.05, 0) is 60.2 Å². The van der Waals surface area contributed by atoms with Crippen molar-refractivity contribution in [3.05, 3.63) is 78.4 Å². The zero-order valence-corrected chi connectivity index (χ0v) is 18.7. The first-order chi connectivity index (χ1) is 14.9. The summed E-state index contributed by atoms with van der Waals surface area (Å²) in [5.41, 5.74) is 6.30. The van der Waals surface area contributed by atoms with Gasteiger partial charge < -0.3 is 9.64 Å². The summed E-state index contributed by atoms with van der Waals surface area (Å²) in [4.78, 5) is 6.92. The largest absolute Gasteiger partial charge is 0.497 e. The van der Waals surface area contributed by atoms with E-state index in [0.717, 1.165) is 34.2 Å². The van der Waals surface area contributed by atoms with E-state index in [0.29, 0.717) is 0 Å². The van der Waals surface area contributed by atoms with Crippen molar-refractivity contribution < 1.29 is 4.74 Å². The summed E-state index contributed by atoms with van der Waals surface area (Å²) in [6.45, 7) is 4.38. The van der Waals surface area contributed by atoms with E-state index in [-0.39, 0.29) is 5.41 Å². The first kappa shape index (κ1) is 20.7. The van der Waals surface area contributed by atoms with E-state index in [2.05, 4.69) is 73.4 Å². The minimum absolute atomic E-state index is 0.147. The molecule has 0 radical (unpaired) electrons. The Morgan fingerprint density at radius 2 is 1.42 bits per heavy atom. The fourth-order valence-corrected chi connectivity index (χ4v) is 3.75. The lowest BCUT2D eigenvalue weighted by atomic mass is 9.82. The van der Waals surface area contributed by atoms with Crippen molar-refractivity contribution in [1.82, 2.24) is 0 Å². The topological polar surface area (TPSA) is 40.4 Å². The first-order valence-corrected chi connectivity index (χ1v) is 10.3. The molecule has 0 bridgehead atoms. The van der Waals surface area contributed by atoms with Crippen LogP contribution in [0.5, 0.6) is 5.75 Å². The van der Waals surface area contributed by atoms with E-state index < -0.39 is 0 Å². The lowest BCUT2D eigenvalue weighted by molar-refractivity contribution is 0.415. The monoisotopic (exact) mass is 412 g/mol. The van der Waals surface area contributed by atoms with E-state index in [1.165, 1.54) is 5.56 Å². The van der Waals surface area contributed by atoms with Gasteiger partial charge in [-0.2, -0.15) is 5.10 Å². The summed E-state index contributed by atoms with van der Waals surface area (Å²) in [7, 11) is 5.68. The third-order valence-corrected chi connectivity index (χ3v) is 5.88. The van der Waals surface area contributed by atoms with Crippen LogP contribution >= 0.6 is 0 Å². The molecule has 158 valence electrons. The maximum atomic E-state index is 5.24. The van der Waals surface area contributed by atoms with Crippen molar-refractivity contribution in [1.29, 1.82) is 0 Å². The number of hydrogen-bond donors (Lipinski definition) is 0. The summed E-state index contributed by atoms with van der Waals surface area (Å²) in [5.74, 6) is 0.852. The van der Waals surface area contributed by atoms with Gasteiger partial charge in [0.1, 0.15) is 5.75 Å². The van der Waals surface area contributed by atoms with Crippen LogP contribution in [0.1, 0.15) is 19.4 Å². The van der Waals surface area contributed by atoms with Crippen molar-refractivity contribution in [2.45, 2.75) is 19.3 Å². The van der Waals surface area contributed by atoms with Gasteiger partial charge in [-0.1, -0.05) is 32.0 Å². The van der Waals surface area contributed by atoms with Gasteiger partial charge in [0.05, 0.1) is 30.4 Å². The molecule has 1 aliphatic rings. The Bertz CT molecular complexity index is 1110. The number of para-hydroxylation sites is 1. The van der Waals surface area contributed by atoms with Crippen molar-refractivity contribution in [3.8, 4) is 5.75 Å². The third kappa shape index (κ3) is 4.04. The second kappa shape index (κ2) is 8.26. The molecule has 0 amide bonds. The number of nitrogens with zero attached hydrogens (tertiary/aromatic N) is 4. The molecule has 0 aromatic heterocycles. The Hall–Kier alpha value is -3.60. The molecule has 0 aliphatic carbocycles. The van der Waals surface area contributed by atoms with E-state index in [1.807, 2.05) is 48.6 Å². The molecule has 5 heteroatoms. The van der Waals surface area contributed by atoms with Gasteiger partial charge in [0, 0.05) is 30.9 Å². The maximum Gasteiger partial charge on any atom is 0.119 e. The molecule has 5 nitrogen and oxygen atoms in total. The molecule has 0 saturated carbocycles. The Kier molecular flexibility index (Phi) is 5.51. The minimum atomic E-state index is -0.147. The highest BCUT2D eigenvalue weighted by molar-refractivity contribution is 6.36. The summed E-state index contributed by atoms with van der Waals surface area (Å²) in [6, 6.07) is 24.6. The Labute approximate surface area is 184 Å². The molecule has 0 unspecified atom stereocenters. The van der Waals surface area contributed by atoms with Gasteiger partial charge in [-0.25, -0.2) is 0 Å². The summed E-state index contributed by atoms with van der Waals surface area (Å²) < 4.78 is 5.24. The Morgan fingerprint density at radius 1 is 0.839 bits per heavy atom. The predicted octanol–water partition coefficient (Wildman–Crippen LogP) is 5.95. The zero-order chi connectivity index (χ0) is 22.0. The van der Waals surface area contributed by atoms with Crippen LogP contribution in [0.25, 0.3) is 0 Å². The Morgan fingerprint density at radius 3 is 2.03 bits per heavy atom. The summed E-state index contributed by atoms with van der Waals surface area (Å²) in [6.07, 6.45) is 1.87. The molecule has 3 aromatic carbocycles. The number of benzene rings is 3. The highest BCUT2D eigenvalue weighted by atomic mass is 16.5. The number of methoxy groups -OCH3 is 1. The number of hydrogen-bond acceptors (Lipinski definition) is 5. The van der Waals surface area contributed by atoms with Crippen LogP contribution in [0.15, 0.2) is 82.9 Å². The van der Waals surface area contributed by atoms with Crippen molar-refractivity contribution in [3.63, 3.8) is 0 Å². The average molecular weight is 413 g/mol. The summed E-state index contributed by atoms with van der Waals surface area (Å²) in [5, 5.41) is 6.53. The molecule has 1 heterocycles. The van der Waals surface area contributed by atoms with Crippen LogP contribution in [0, 0.1) is 0 Å². The highest BCUT2D eigenvalue weighted by Crippen LogP contribution is 2.39. The molecule has 0 fully saturated rings. The molecule has 31 heavy (non-hydrogen) atoms. The molecule has 0 spiro atoms. The van der Waals surface area contributed by atoms with Crippen LogP contribution in [0.2, 0.25) is 0 Å². The maximum absolute atomic E-state index is 5.24. The van der Waals surface area contributed by atoms with Crippen molar-refractivity contribution in [2.24, 2.45) is 10.1 Å². The van der Waals surface area contributed by atoms with Crippen molar-refractivity contribution >= 4 is 34.7 Å². The van der Waals surface area contributed by atoms with Crippen LogP contribution in [0.3, 0.4) is 0 Å². The normalized spacial score (nSPS) is 14.3. The molecule has 0 N–H and O–H groups in total. The standard InChI is InChI=1S/C26H28N4O/c1-26(2)23-8-6-7-9-24(23)28-25(26)18-27-30(4)21-12-10-19(11-13-21)29(3)20-14-16-22(31-5)17-15-20/h6-18H,1-5H3. The molecular formula is C26H28N4O. The number of fused-ring (bicyclic) bond motifs is 1. The predicted molar refractivity (Wildman–Crippen MR) is 131 cm³/mol. The van der Waals surface area contributed by atoms with Gasteiger partial charge in [0.2, 0.25) is 0 Å². The fourth-order valence-electron chi connectivity index (χ4n) is 3.75. The van der Waals surface area contributed by atoms with E-state index in [1.54, 1.807) is 7.11 Å². The van der Waals surface area contributed by atoms with Crippen LogP contribution < -0.4 is 14.6 Å². The van der Waals surface area contributed by atoms with E-state index in [4.69, 9.17) is 9.73 Å². The number of ether oxygens (including phenoxy) is 1. The smallest absolute Gasteiger partial charge is 0.119 e. The minimum Gasteiger partial charge on any atom is -0.497 e. The van der Waals surface area contributed by atoms with Crippen LogP contribution in [-0.2, 0) is 5.41 Å². The molecule has 3 aromatic rings. The summed E-state index contributed by atoms with van der Waals surface area (Å²) >= 11 is 0. The molecule has 0 atom stereocenters. The SMILES string of the molecule is COc1ccc(N(C)c2ccc(N(C)N=CC3=Nc4ccccc4C3(C)C)cc2)cc1. The quantitative estimate of drug-likeness (QED) is 0.371. The highest BCUT2D eigenvalue weighted by Gasteiger charge is 2.33. The van der Waals surface area contributed by atoms with Crippen LogP contribution in [-0.4, -0.2) is 33.1 Å². The molecule has 0 saturated heterocycles. The van der Waals surface area contributed by atoms with Gasteiger partial charge in [0.25, 0.3) is 0 Å². The number of rotatable bonds is 6. The fraction of sp³-hybridized carbons (Fsp3) is 0.231. The lowest BCUT2D eigenvalue weighted by Crippen LogP contribution is -2.27. The van der Waals surface area contributed by atoms with Crippen molar-refractivity contribution in [2.75, 3.05) is 31.1 Å². The second-order valence-electron chi connectivity index (χ2n) is 8.18. The molecular weight excluding hydrogens is 384 g/mol. The lowest BCUT2D eigenvalue weighted by Gasteiger charge is -2.22. The second-order valence-corrected chi connectivity index (χ2v) is 8.18. The number of hydrazone groups is 1. The van der Waals surface area contributed by atoms with E-state index in [9.17, 15) is 0 Å². The zero-order valence-electron chi connectivity index (χ0n) is 18.7. The van der Waals surface area contributed by atoms with Gasteiger partial charge in [-0.15, -0.1) is 0 Å². The number of anilines is 3. The van der Waals surface area contributed by atoms with E-state index >= 15 is 0 Å². The van der Waals surface area contributed by atoms with Gasteiger partial charge in [-0.3, -0.25) is 10.0 Å². The third-order valence-electron chi connectivity index (χ3n) is 5.88. The Balaban J connectivity index is 1.47. The molecule has 4 rings (SSSR count). The van der Waals surface area contributed by atoms with Gasteiger partial charge >= 0.3 is 0 Å². The van der Waals surface area contributed by atoms with Crippen LogP contribution in [0.4, 0.5) is 22.7 Å². The average Bonchev–Trinajstić information content (AvgIpc) is 3.07. The first-order valence-electron chi connectivity index (χ1n) is 10.3. The molecule has 1 aliphatic heterocycles. The number of aliphatic imine (C=N–C) groups is 1.